The molecule has 0 aliphatic carbocycles. The normalized spacial score (nSPS) is 11.4. The second-order valence-electron chi connectivity index (χ2n) is 13.6. The zero-order chi connectivity index (χ0) is 36.1. The highest BCUT2D eigenvalue weighted by Gasteiger charge is 2.20. The van der Waals surface area contributed by atoms with Crippen LogP contribution < -0.4 is 0 Å². The van der Waals surface area contributed by atoms with Crippen LogP contribution in [0.1, 0.15) is 16.7 Å². The monoisotopic (exact) mass is 686 g/mol. The van der Waals surface area contributed by atoms with Crippen molar-refractivity contribution in [3.8, 4) is 62.1 Å². The summed E-state index contributed by atoms with van der Waals surface area (Å²) >= 11 is 0. The second kappa shape index (κ2) is 13.1. The van der Waals surface area contributed by atoms with Crippen LogP contribution in [0.4, 0.5) is 4.39 Å². The summed E-state index contributed by atoms with van der Waals surface area (Å²) in [7, 11) is 0. The Morgan fingerprint density at radius 2 is 1.04 bits per heavy atom. The van der Waals surface area contributed by atoms with Gasteiger partial charge < -0.3 is 4.57 Å². The number of halogens is 1. The molecule has 9 aromatic rings. The molecule has 53 heavy (non-hydrogen) atoms. The molecule has 0 saturated heterocycles. The van der Waals surface area contributed by atoms with E-state index >= 15 is 0 Å². The number of nitrogens with zero attached hydrogens (tertiary/aromatic N) is 4. The van der Waals surface area contributed by atoms with Gasteiger partial charge in [0.05, 0.1) is 11.0 Å². The summed E-state index contributed by atoms with van der Waals surface area (Å²) in [6.07, 6.45) is 0. The highest BCUT2D eigenvalue weighted by Crippen LogP contribution is 2.40. The van der Waals surface area contributed by atoms with Crippen LogP contribution >= 0.6 is 0 Å². The third-order valence-corrected chi connectivity index (χ3v) is 9.98. The van der Waals surface area contributed by atoms with E-state index in [0.29, 0.717) is 17.5 Å². The minimum Gasteiger partial charge on any atom is -0.309 e. The van der Waals surface area contributed by atoms with Crippen LogP contribution in [0.25, 0.3) is 83.9 Å². The second-order valence-corrected chi connectivity index (χ2v) is 13.6. The summed E-state index contributed by atoms with van der Waals surface area (Å²) in [4.78, 5) is 15.0. The van der Waals surface area contributed by atoms with Crippen molar-refractivity contribution in [3.05, 3.63) is 180 Å². The van der Waals surface area contributed by atoms with E-state index in [1.807, 2.05) is 66.7 Å². The molecular formula is C48H35FN4. The lowest BCUT2D eigenvalue weighted by molar-refractivity contribution is 0.628. The Bertz CT molecular complexity index is 2740. The van der Waals surface area contributed by atoms with E-state index in [4.69, 9.17) is 15.0 Å². The van der Waals surface area contributed by atoms with E-state index in [1.54, 1.807) is 12.1 Å². The van der Waals surface area contributed by atoms with E-state index < -0.39 is 0 Å². The summed E-state index contributed by atoms with van der Waals surface area (Å²) in [5.74, 6) is 1.34. The molecule has 4 nitrogen and oxygen atoms in total. The van der Waals surface area contributed by atoms with Gasteiger partial charge in [-0.25, -0.2) is 19.3 Å². The standard InChI is InChI=1S/C48H35FN4/c1-30-25-31(2)45(32(3)26-30)36-21-23-40-39-19-10-11-20-43(39)53(44(40)28-36)38-22-24-41(42(29-38)35-17-12-18-37(49)27-35)48-51-46(33-13-6-4-7-14-33)50-47(52-48)34-15-8-5-9-16-34/h4-29H,1-3H3. The number of rotatable bonds is 6. The Morgan fingerprint density at radius 1 is 0.434 bits per heavy atom. The molecule has 0 amide bonds. The fourth-order valence-corrected chi connectivity index (χ4v) is 7.73. The van der Waals surface area contributed by atoms with Crippen molar-refractivity contribution in [1.29, 1.82) is 0 Å². The van der Waals surface area contributed by atoms with E-state index in [1.165, 1.54) is 44.7 Å². The first-order valence-corrected chi connectivity index (χ1v) is 17.8. The van der Waals surface area contributed by atoms with E-state index in [0.717, 1.165) is 44.5 Å². The largest absolute Gasteiger partial charge is 0.309 e. The van der Waals surface area contributed by atoms with Crippen LogP contribution in [0.15, 0.2) is 158 Å². The third-order valence-electron chi connectivity index (χ3n) is 9.98. The average Bonchev–Trinajstić information content (AvgIpc) is 3.51. The molecule has 2 aromatic heterocycles. The molecular weight excluding hydrogens is 652 g/mol. The summed E-state index contributed by atoms with van der Waals surface area (Å²) in [6, 6.07) is 52.7. The first-order valence-electron chi connectivity index (χ1n) is 17.8. The molecule has 0 N–H and O–H groups in total. The minimum atomic E-state index is -0.310. The lowest BCUT2D eigenvalue weighted by Crippen LogP contribution is -2.02. The number of para-hydroxylation sites is 1. The van der Waals surface area contributed by atoms with Crippen LogP contribution in [0.2, 0.25) is 0 Å². The molecule has 0 bridgehead atoms. The van der Waals surface area contributed by atoms with Crippen LogP contribution in [-0.4, -0.2) is 19.5 Å². The van der Waals surface area contributed by atoms with Crippen LogP contribution in [0, 0.1) is 26.6 Å². The zero-order valence-corrected chi connectivity index (χ0v) is 29.7. The number of hydrogen-bond acceptors (Lipinski definition) is 3. The number of benzene rings is 7. The maximum atomic E-state index is 15.0. The van der Waals surface area contributed by atoms with Gasteiger partial charge in [-0.05, 0) is 96.6 Å². The molecule has 0 saturated carbocycles. The lowest BCUT2D eigenvalue weighted by Gasteiger charge is -2.16. The highest BCUT2D eigenvalue weighted by atomic mass is 19.1. The SMILES string of the molecule is Cc1cc(C)c(-c2ccc3c4ccccc4n(-c4ccc(-c5nc(-c6ccccc6)nc(-c6ccccc6)n5)c(-c5cccc(F)c5)c4)c3c2)c(C)c1. The zero-order valence-electron chi connectivity index (χ0n) is 29.7. The molecule has 254 valence electrons. The van der Waals surface area contributed by atoms with Crippen molar-refractivity contribution in [2.75, 3.05) is 0 Å². The van der Waals surface area contributed by atoms with E-state index in [-0.39, 0.29) is 5.82 Å². The molecule has 0 unspecified atom stereocenters. The fraction of sp³-hybridized carbons (Fsp3) is 0.0625. The van der Waals surface area contributed by atoms with Gasteiger partial charge in [-0.15, -0.1) is 0 Å². The van der Waals surface area contributed by atoms with Crippen LogP contribution in [0.3, 0.4) is 0 Å². The van der Waals surface area contributed by atoms with E-state index in [2.05, 4.69) is 98.1 Å². The Kier molecular flexibility index (Phi) is 7.97. The first kappa shape index (κ1) is 32.2. The molecule has 5 heteroatoms. The summed E-state index contributed by atoms with van der Waals surface area (Å²) < 4.78 is 17.3. The van der Waals surface area contributed by atoms with Crippen molar-refractivity contribution in [1.82, 2.24) is 19.5 Å². The quantitative estimate of drug-likeness (QED) is 0.175. The molecule has 0 spiro atoms. The van der Waals surface area contributed by atoms with Crippen molar-refractivity contribution >= 4 is 21.8 Å². The van der Waals surface area contributed by atoms with Gasteiger partial charge in [0.2, 0.25) is 0 Å². The van der Waals surface area contributed by atoms with Gasteiger partial charge in [-0.2, -0.15) is 0 Å². The fourth-order valence-electron chi connectivity index (χ4n) is 7.73. The van der Waals surface area contributed by atoms with Crippen LogP contribution in [-0.2, 0) is 0 Å². The molecule has 0 aliphatic rings. The maximum absolute atomic E-state index is 15.0. The average molecular weight is 687 g/mol. The predicted octanol–water partition coefficient (Wildman–Crippen LogP) is 12.4. The Balaban J connectivity index is 1.30. The summed E-state index contributed by atoms with van der Waals surface area (Å²) in [5, 5.41) is 2.33. The Morgan fingerprint density at radius 3 is 1.72 bits per heavy atom. The number of aromatic nitrogens is 4. The van der Waals surface area contributed by atoms with Crippen molar-refractivity contribution in [3.63, 3.8) is 0 Å². The third kappa shape index (κ3) is 5.86. The predicted molar refractivity (Wildman–Crippen MR) is 216 cm³/mol. The van der Waals surface area contributed by atoms with Crippen LogP contribution in [0.5, 0.6) is 0 Å². The molecule has 0 radical (unpaired) electrons. The molecule has 0 atom stereocenters. The van der Waals surface area contributed by atoms with Gasteiger partial charge in [0.25, 0.3) is 0 Å². The summed E-state index contributed by atoms with van der Waals surface area (Å²) in [5.41, 5.74) is 13.4. The highest BCUT2D eigenvalue weighted by molar-refractivity contribution is 6.10. The lowest BCUT2D eigenvalue weighted by atomic mass is 9.93. The van der Waals surface area contributed by atoms with Crippen molar-refractivity contribution < 1.29 is 4.39 Å². The smallest absolute Gasteiger partial charge is 0.164 e. The molecule has 0 aliphatic heterocycles. The Hall–Kier alpha value is -6.72. The first-order chi connectivity index (χ1) is 25.9. The van der Waals surface area contributed by atoms with Gasteiger partial charge in [0, 0.05) is 33.2 Å². The molecule has 9 rings (SSSR count). The van der Waals surface area contributed by atoms with Crippen molar-refractivity contribution in [2.24, 2.45) is 0 Å². The maximum Gasteiger partial charge on any atom is 0.164 e. The van der Waals surface area contributed by atoms with Gasteiger partial charge in [0.15, 0.2) is 17.5 Å². The van der Waals surface area contributed by atoms with Crippen molar-refractivity contribution in [2.45, 2.75) is 20.8 Å². The number of hydrogen-bond donors (Lipinski definition) is 0. The van der Waals surface area contributed by atoms with Gasteiger partial charge in [-0.3, -0.25) is 0 Å². The Labute approximate surface area is 307 Å². The van der Waals surface area contributed by atoms with Gasteiger partial charge in [-0.1, -0.05) is 121 Å². The summed E-state index contributed by atoms with van der Waals surface area (Å²) in [6.45, 7) is 6.52. The minimum absolute atomic E-state index is 0.310. The van der Waals surface area contributed by atoms with Gasteiger partial charge >= 0.3 is 0 Å². The van der Waals surface area contributed by atoms with Gasteiger partial charge in [0.1, 0.15) is 5.82 Å². The number of fused-ring (bicyclic) bond motifs is 3. The molecule has 7 aromatic carbocycles. The molecule has 2 heterocycles. The molecule has 0 fully saturated rings. The van der Waals surface area contributed by atoms with E-state index in [9.17, 15) is 4.39 Å². The topological polar surface area (TPSA) is 43.6 Å². The number of aryl methyl sites for hydroxylation is 3.